The smallest absolute Gasteiger partial charge is 0.243 e. The van der Waals surface area contributed by atoms with Crippen molar-refractivity contribution in [3.63, 3.8) is 0 Å². The summed E-state index contributed by atoms with van der Waals surface area (Å²) in [7, 11) is 0. The molecule has 0 aliphatic heterocycles. The molecule has 1 heterocycles. The molecule has 0 unspecified atom stereocenters. The number of hydrogen-bond acceptors (Lipinski definition) is 4. The van der Waals surface area contributed by atoms with E-state index in [1.54, 1.807) is 11.6 Å². The third kappa shape index (κ3) is 3.12. The van der Waals surface area contributed by atoms with Crippen molar-refractivity contribution < 1.29 is 4.79 Å². The first-order valence-corrected chi connectivity index (χ1v) is 5.08. The molecule has 1 atom stereocenters. The minimum absolute atomic E-state index is 0.156. The average Bonchev–Trinajstić information content (AvgIpc) is 2.57. The fraction of sp³-hybridized carbons (Fsp3) is 0.500. The van der Waals surface area contributed by atoms with Gasteiger partial charge in [0, 0.05) is 11.6 Å². The number of aromatic nitrogens is 1. The Labute approximate surface area is 81.2 Å². The van der Waals surface area contributed by atoms with Crippen LogP contribution in [0.15, 0.2) is 11.6 Å². The van der Waals surface area contributed by atoms with Crippen molar-refractivity contribution in [3.05, 3.63) is 11.6 Å². The number of nitrogens with zero attached hydrogens (tertiary/aromatic N) is 1. The van der Waals surface area contributed by atoms with Crippen LogP contribution in [-0.4, -0.2) is 16.9 Å². The standard InChI is InChI=1S/C8H13N3OS/c1-2-3-6(9)7(12)11-8-10-4-5-13-8/h4-6H,2-3,9H2,1H3,(H,10,11,12)/t6-/m0/s1. The molecule has 1 amide bonds. The summed E-state index contributed by atoms with van der Waals surface area (Å²) in [4.78, 5) is 15.3. The summed E-state index contributed by atoms with van der Waals surface area (Å²) in [6.45, 7) is 2.00. The van der Waals surface area contributed by atoms with Gasteiger partial charge in [0.1, 0.15) is 0 Å². The molecule has 0 aliphatic rings. The summed E-state index contributed by atoms with van der Waals surface area (Å²) in [5.74, 6) is -0.156. The Kier molecular flexibility index (Phi) is 3.85. The molecule has 72 valence electrons. The number of hydrogen-bond donors (Lipinski definition) is 2. The molecule has 0 spiro atoms. The van der Waals surface area contributed by atoms with Crippen molar-refractivity contribution in [1.82, 2.24) is 4.98 Å². The first kappa shape index (κ1) is 10.1. The van der Waals surface area contributed by atoms with E-state index in [2.05, 4.69) is 10.3 Å². The summed E-state index contributed by atoms with van der Waals surface area (Å²) >= 11 is 1.39. The van der Waals surface area contributed by atoms with Crippen molar-refractivity contribution in [2.24, 2.45) is 5.73 Å². The predicted molar refractivity (Wildman–Crippen MR) is 53.6 cm³/mol. The molecule has 1 rings (SSSR count). The number of carbonyl (C=O) groups is 1. The topological polar surface area (TPSA) is 68.0 Å². The van der Waals surface area contributed by atoms with Gasteiger partial charge in [0.05, 0.1) is 6.04 Å². The van der Waals surface area contributed by atoms with Gasteiger partial charge in [0.2, 0.25) is 5.91 Å². The molecule has 1 aromatic heterocycles. The maximum Gasteiger partial charge on any atom is 0.243 e. The van der Waals surface area contributed by atoms with E-state index in [0.717, 1.165) is 6.42 Å². The fourth-order valence-electron chi connectivity index (χ4n) is 0.925. The molecule has 0 aliphatic carbocycles. The van der Waals surface area contributed by atoms with E-state index in [-0.39, 0.29) is 5.91 Å². The molecular weight excluding hydrogens is 186 g/mol. The molecule has 4 nitrogen and oxygen atoms in total. The Morgan fingerprint density at radius 1 is 1.85 bits per heavy atom. The van der Waals surface area contributed by atoms with Crippen molar-refractivity contribution in [2.75, 3.05) is 5.32 Å². The van der Waals surface area contributed by atoms with Crippen molar-refractivity contribution in [1.29, 1.82) is 0 Å². The molecule has 0 bridgehead atoms. The van der Waals surface area contributed by atoms with Crippen LogP contribution in [0.3, 0.4) is 0 Å². The van der Waals surface area contributed by atoms with Crippen LogP contribution in [0.25, 0.3) is 0 Å². The van der Waals surface area contributed by atoms with Gasteiger partial charge >= 0.3 is 0 Å². The lowest BCUT2D eigenvalue weighted by Crippen LogP contribution is -2.35. The lowest BCUT2D eigenvalue weighted by atomic mass is 10.2. The zero-order valence-electron chi connectivity index (χ0n) is 7.49. The highest BCUT2D eigenvalue weighted by atomic mass is 32.1. The molecule has 5 heteroatoms. The van der Waals surface area contributed by atoms with Crippen LogP contribution >= 0.6 is 11.3 Å². The van der Waals surface area contributed by atoms with Gasteiger partial charge in [-0.25, -0.2) is 4.98 Å². The predicted octanol–water partition coefficient (Wildman–Crippen LogP) is 1.21. The molecule has 0 radical (unpaired) electrons. The van der Waals surface area contributed by atoms with Crippen LogP contribution in [0.1, 0.15) is 19.8 Å². The average molecular weight is 199 g/mol. The van der Waals surface area contributed by atoms with Crippen LogP contribution in [0.4, 0.5) is 5.13 Å². The Balaban J connectivity index is 2.41. The molecule has 0 saturated heterocycles. The second kappa shape index (κ2) is 4.94. The quantitative estimate of drug-likeness (QED) is 0.765. The van der Waals surface area contributed by atoms with Gasteiger partial charge in [-0.05, 0) is 6.42 Å². The summed E-state index contributed by atoms with van der Waals surface area (Å²) in [6, 6.07) is -0.422. The largest absolute Gasteiger partial charge is 0.320 e. The summed E-state index contributed by atoms with van der Waals surface area (Å²) in [5, 5.41) is 5.06. The van der Waals surface area contributed by atoms with E-state index in [1.165, 1.54) is 11.3 Å². The highest BCUT2D eigenvalue weighted by molar-refractivity contribution is 7.13. The van der Waals surface area contributed by atoms with Crippen LogP contribution in [0.5, 0.6) is 0 Å². The summed E-state index contributed by atoms with van der Waals surface area (Å²) in [5.41, 5.74) is 5.61. The van der Waals surface area contributed by atoms with Crippen LogP contribution in [0, 0.1) is 0 Å². The third-order valence-corrected chi connectivity index (χ3v) is 2.29. The van der Waals surface area contributed by atoms with Gasteiger partial charge in [0.25, 0.3) is 0 Å². The van der Waals surface area contributed by atoms with Gasteiger partial charge in [-0.15, -0.1) is 11.3 Å². The van der Waals surface area contributed by atoms with Crippen molar-refractivity contribution in [2.45, 2.75) is 25.8 Å². The molecule has 0 fully saturated rings. The second-order valence-electron chi connectivity index (χ2n) is 2.72. The second-order valence-corrected chi connectivity index (χ2v) is 3.62. The minimum atomic E-state index is -0.422. The maximum atomic E-state index is 11.3. The molecular formula is C8H13N3OS. The van der Waals surface area contributed by atoms with Crippen LogP contribution in [0.2, 0.25) is 0 Å². The first-order valence-electron chi connectivity index (χ1n) is 4.20. The molecule has 13 heavy (non-hydrogen) atoms. The Morgan fingerprint density at radius 3 is 3.15 bits per heavy atom. The molecule has 0 saturated carbocycles. The SMILES string of the molecule is CCC[C@H](N)C(=O)Nc1nccs1. The van der Waals surface area contributed by atoms with E-state index in [1.807, 2.05) is 6.92 Å². The van der Waals surface area contributed by atoms with E-state index >= 15 is 0 Å². The molecule has 3 N–H and O–H groups in total. The zero-order valence-corrected chi connectivity index (χ0v) is 8.30. The van der Waals surface area contributed by atoms with Crippen molar-refractivity contribution in [3.8, 4) is 0 Å². The van der Waals surface area contributed by atoms with Gasteiger partial charge in [-0.1, -0.05) is 13.3 Å². The number of amides is 1. The Hall–Kier alpha value is -0.940. The van der Waals surface area contributed by atoms with Gasteiger partial charge < -0.3 is 11.1 Å². The molecule has 0 aromatic carbocycles. The number of rotatable bonds is 4. The van der Waals surface area contributed by atoms with Crippen LogP contribution < -0.4 is 11.1 Å². The number of carbonyl (C=O) groups excluding carboxylic acids is 1. The van der Waals surface area contributed by atoms with E-state index in [0.29, 0.717) is 11.6 Å². The Bertz CT molecular complexity index is 260. The number of nitrogens with one attached hydrogen (secondary N) is 1. The lowest BCUT2D eigenvalue weighted by molar-refractivity contribution is -0.117. The number of nitrogens with two attached hydrogens (primary N) is 1. The van der Waals surface area contributed by atoms with Gasteiger partial charge in [-0.3, -0.25) is 4.79 Å². The number of anilines is 1. The first-order chi connectivity index (χ1) is 6.24. The number of thiazole rings is 1. The molecule has 1 aromatic rings. The summed E-state index contributed by atoms with van der Waals surface area (Å²) < 4.78 is 0. The monoisotopic (exact) mass is 199 g/mol. The van der Waals surface area contributed by atoms with E-state index < -0.39 is 6.04 Å². The zero-order chi connectivity index (χ0) is 9.68. The lowest BCUT2D eigenvalue weighted by Gasteiger charge is -2.08. The van der Waals surface area contributed by atoms with E-state index in [4.69, 9.17) is 5.73 Å². The Morgan fingerprint density at radius 2 is 2.62 bits per heavy atom. The van der Waals surface area contributed by atoms with E-state index in [9.17, 15) is 4.79 Å². The van der Waals surface area contributed by atoms with Crippen molar-refractivity contribution >= 4 is 22.4 Å². The van der Waals surface area contributed by atoms with Gasteiger partial charge in [0.15, 0.2) is 5.13 Å². The normalized spacial score (nSPS) is 12.5. The highest BCUT2D eigenvalue weighted by Gasteiger charge is 2.12. The van der Waals surface area contributed by atoms with Crippen LogP contribution in [-0.2, 0) is 4.79 Å². The highest BCUT2D eigenvalue weighted by Crippen LogP contribution is 2.10. The van der Waals surface area contributed by atoms with Gasteiger partial charge in [-0.2, -0.15) is 0 Å². The summed E-state index contributed by atoms with van der Waals surface area (Å²) in [6.07, 6.45) is 3.26. The maximum absolute atomic E-state index is 11.3. The fourth-order valence-corrected chi connectivity index (χ4v) is 1.46. The minimum Gasteiger partial charge on any atom is -0.320 e. The third-order valence-electron chi connectivity index (χ3n) is 1.60.